The summed E-state index contributed by atoms with van der Waals surface area (Å²) in [6.45, 7) is 1.74. The number of ether oxygens (including phenoxy) is 1. The minimum atomic E-state index is 0.584. The van der Waals surface area contributed by atoms with Crippen LogP contribution in [0.1, 0.15) is 24.0 Å². The monoisotopic (exact) mass is 239 g/mol. The van der Waals surface area contributed by atoms with Gasteiger partial charge >= 0.3 is 0 Å². The van der Waals surface area contributed by atoms with Gasteiger partial charge in [0.25, 0.3) is 0 Å². The summed E-state index contributed by atoms with van der Waals surface area (Å²) in [5.74, 6) is 0. The summed E-state index contributed by atoms with van der Waals surface area (Å²) in [6.07, 6.45) is 3.64. The Morgan fingerprint density at radius 3 is 3.00 bits per heavy atom. The van der Waals surface area contributed by atoms with E-state index in [4.69, 9.17) is 16.3 Å². The molecular weight excluding hydrogens is 222 g/mol. The summed E-state index contributed by atoms with van der Waals surface area (Å²) in [7, 11) is 1.69. The highest BCUT2D eigenvalue weighted by Crippen LogP contribution is 2.21. The van der Waals surface area contributed by atoms with Crippen LogP contribution in [0, 0.1) is 0 Å². The van der Waals surface area contributed by atoms with Crippen LogP contribution in [0.2, 0.25) is 5.02 Å². The maximum absolute atomic E-state index is 6.19. The molecular formula is C13H18ClNO. The lowest BCUT2D eigenvalue weighted by Gasteiger charge is -2.11. The van der Waals surface area contributed by atoms with E-state index in [1.54, 1.807) is 7.11 Å². The van der Waals surface area contributed by atoms with Crippen molar-refractivity contribution in [3.05, 3.63) is 34.3 Å². The van der Waals surface area contributed by atoms with Crippen LogP contribution in [0.15, 0.2) is 18.2 Å². The topological polar surface area (TPSA) is 21.3 Å². The summed E-state index contributed by atoms with van der Waals surface area (Å²) in [5, 5.41) is 4.31. The molecule has 16 heavy (non-hydrogen) atoms. The number of hydrogen-bond donors (Lipinski definition) is 1. The maximum atomic E-state index is 6.19. The largest absolute Gasteiger partial charge is 0.380 e. The molecule has 1 aliphatic rings. The van der Waals surface area contributed by atoms with Crippen molar-refractivity contribution in [3.63, 3.8) is 0 Å². The van der Waals surface area contributed by atoms with E-state index >= 15 is 0 Å². The van der Waals surface area contributed by atoms with E-state index < -0.39 is 0 Å². The second-order valence-corrected chi connectivity index (χ2v) is 4.76. The van der Waals surface area contributed by atoms with E-state index in [1.165, 1.54) is 18.4 Å². The number of nitrogens with one attached hydrogen (secondary N) is 1. The van der Waals surface area contributed by atoms with Crippen LogP contribution >= 0.6 is 11.6 Å². The summed E-state index contributed by atoms with van der Waals surface area (Å²) >= 11 is 6.19. The Balaban J connectivity index is 2.02. The van der Waals surface area contributed by atoms with Crippen molar-refractivity contribution in [1.82, 2.24) is 5.32 Å². The molecule has 0 spiro atoms. The summed E-state index contributed by atoms with van der Waals surface area (Å²) in [5.41, 5.74) is 2.37. The molecule has 3 heteroatoms. The van der Waals surface area contributed by atoms with Crippen molar-refractivity contribution >= 4 is 11.6 Å². The minimum Gasteiger partial charge on any atom is -0.380 e. The highest BCUT2D eigenvalue weighted by Gasteiger charge is 2.14. The smallest absolute Gasteiger partial charge is 0.0727 e. The van der Waals surface area contributed by atoms with Gasteiger partial charge in [0, 0.05) is 18.2 Å². The van der Waals surface area contributed by atoms with E-state index in [2.05, 4.69) is 23.5 Å². The third kappa shape index (κ3) is 2.97. The van der Waals surface area contributed by atoms with Gasteiger partial charge in [-0.2, -0.15) is 0 Å². The first-order valence-corrected chi connectivity index (χ1v) is 6.17. The predicted molar refractivity (Wildman–Crippen MR) is 66.9 cm³/mol. The fraction of sp³-hybridized carbons (Fsp3) is 0.538. The van der Waals surface area contributed by atoms with E-state index in [1.807, 2.05) is 0 Å². The van der Waals surface area contributed by atoms with Crippen LogP contribution in [0.5, 0.6) is 0 Å². The molecule has 1 aromatic rings. The van der Waals surface area contributed by atoms with Gasteiger partial charge in [-0.25, -0.2) is 0 Å². The quantitative estimate of drug-likeness (QED) is 0.873. The van der Waals surface area contributed by atoms with Crippen molar-refractivity contribution in [3.8, 4) is 0 Å². The molecule has 1 saturated heterocycles. The molecule has 1 heterocycles. The highest BCUT2D eigenvalue weighted by molar-refractivity contribution is 6.31. The molecule has 1 N–H and O–H groups in total. The lowest BCUT2D eigenvalue weighted by Crippen LogP contribution is -2.23. The molecule has 1 fully saturated rings. The molecule has 0 radical (unpaired) electrons. The Hall–Kier alpha value is -0.570. The number of rotatable bonds is 4. The lowest BCUT2D eigenvalue weighted by atomic mass is 10.0. The minimum absolute atomic E-state index is 0.584. The maximum Gasteiger partial charge on any atom is 0.0727 e. The van der Waals surface area contributed by atoms with Crippen molar-refractivity contribution in [2.45, 2.75) is 31.9 Å². The third-order valence-electron chi connectivity index (χ3n) is 3.06. The van der Waals surface area contributed by atoms with Gasteiger partial charge in [0.1, 0.15) is 0 Å². The number of benzene rings is 1. The second kappa shape index (κ2) is 5.67. The zero-order valence-corrected chi connectivity index (χ0v) is 10.4. The zero-order valence-electron chi connectivity index (χ0n) is 9.63. The van der Waals surface area contributed by atoms with Crippen molar-refractivity contribution < 1.29 is 4.74 Å². The standard InChI is InChI=1S/C13H18ClNO/c1-16-9-11-5-4-10(8-13(11)14)7-12-3-2-6-15-12/h4-5,8,12,15H,2-3,6-7,9H2,1H3. The Kier molecular flexibility index (Phi) is 4.22. The van der Waals surface area contributed by atoms with Gasteiger partial charge in [-0.1, -0.05) is 23.7 Å². The Morgan fingerprint density at radius 2 is 2.38 bits per heavy atom. The zero-order chi connectivity index (χ0) is 11.4. The molecule has 0 aromatic heterocycles. The van der Waals surface area contributed by atoms with E-state index in [0.717, 1.165) is 23.6 Å². The first-order chi connectivity index (χ1) is 7.79. The number of halogens is 1. The molecule has 1 aliphatic heterocycles. The summed E-state index contributed by atoms with van der Waals surface area (Å²) in [6, 6.07) is 6.91. The van der Waals surface area contributed by atoms with Crippen LogP contribution in [-0.4, -0.2) is 19.7 Å². The molecule has 2 nitrogen and oxygen atoms in total. The predicted octanol–water partition coefficient (Wildman–Crippen LogP) is 2.78. The van der Waals surface area contributed by atoms with Gasteiger partial charge in [-0.05, 0) is 43.0 Å². The third-order valence-corrected chi connectivity index (χ3v) is 3.41. The molecule has 0 aliphatic carbocycles. The van der Waals surface area contributed by atoms with Gasteiger partial charge < -0.3 is 10.1 Å². The van der Waals surface area contributed by atoms with E-state index in [-0.39, 0.29) is 0 Å². The second-order valence-electron chi connectivity index (χ2n) is 4.36. The molecule has 0 saturated carbocycles. The van der Waals surface area contributed by atoms with Gasteiger partial charge in [-0.3, -0.25) is 0 Å². The molecule has 88 valence electrons. The summed E-state index contributed by atoms with van der Waals surface area (Å²) in [4.78, 5) is 0. The number of hydrogen-bond acceptors (Lipinski definition) is 2. The van der Waals surface area contributed by atoms with Gasteiger partial charge in [0.15, 0.2) is 0 Å². The van der Waals surface area contributed by atoms with Crippen molar-refractivity contribution in [1.29, 1.82) is 0 Å². The SMILES string of the molecule is COCc1ccc(CC2CCCN2)cc1Cl. The highest BCUT2D eigenvalue weighted by atomic mass is 35.5. The van der Waals surface area contributed by atoms with Gasteiger partial charge in [0.2, 0.25) is 0 Å². The molecule has 1 aromatic carbocycles. The van der Waals surface area contributed by atoms with E-state index in [0.29, 0.717) is 12.6 Å². The van der Waals surface area contributed by atoms with Crippen LogP contribution in [0.3, 0.4) is 0 Å². The Bertz CT molecular complexity index is 348. The normalized spacial score (nSPS) is 20.2. The van der Waals surface area contributed by atoms with Crippen molar-refractivity contribution in [2.75, 3.05) is 13.7 Å². The Morgan fingerprint density at radius 1 is 1.50 bits per heavy atom. The average molecular weight is 240 g/mol. The van der Waals surface area contributed by atoms with Crippen LogP contribution in [-0.2, 0) is 17.8 Å². The van der Waals surface area contributed by atoms with Crippen LogP contribution < -0.4 is 5.32 Å². The van der Waals surface area contributed by atoms with E-state index in [9.17, 15) is 0 Å². The molecule has 0 amide bonds. The molecule has 1 unspecified atom stereocenters. The molecule has 1 atom stereocenters. The molecule has 2 rings (SSSR count). The van der Waals surface area contributed by atoms with Gasteiger partial charge in [0.05, 0.1) is 6.61 Å². The summed E-state index contributed by atoms with van der Waals surface area (Å²) < 4.78 is 5.09. The first kappa shape index (κ1) is 11.9. The van der Waals surface area contributed by atoms with Crippen LogP contribution in [0.25, 0.3) is 0 Å². The number of methoxy groups -OCH3 is 1. The first-order valence-electron chi connectivity index (χ1n) is 5.79. The lowest BCUT2D eigenvalue weighted by molar-refractivity contribution is 0.185. The average Bonchev–Trinajstić information content (AvgIpc) is 2.75. The Labute approximate surface area is 102 Å². The van der Waals surface area contributed by atoms with Crippen molar-refractivity contribution in [2.24, 2.45) is 0 Å². The van der Waals surface area contributed by atoms with Crippen LogP contribution in [0.4, 0.5) is 0 Å². The molecule has 0 bridgehead atoms. The van der Waals surface area contributed by atoms with Gasteiger partial charge in [-0.15, -0.1) is 0 Å². The fourth-order valence-electron chi connectivity index (χ4n) is 2.21. The fourth-order valence-corrected chi connectivity index (χ4v) is 2.46.